The van der Waals surface area contributed by atoms with Gasteiger partial charge in [-0.15, -0.1) is 11.3 Å². The summed E-state index contributed by atoms with van der Waals surface area (Å²) < 4.78 is 0. The van der Waals surface area contributed by atoms with Crippen LogP contribution in [0.25, 0.3) is 21.5 Å². The fraction of sp³-hybridized carbons (Fsp3) is 0.200. The van der Waals surface area contributed by atoms with E-state index in [1.807, 2.05) is 18.2 Å². The number of benzene rings is 1. The van der Waals surface area contributed by atoms with Gasteiger partial charge in [-0.25, -0.2) is 15.0 Å². The summed E-state index contributed by atoms with van der Waals surface area (Å²) in [5, 5.41) is 13.6. The Kier molecular flexibility index (Phi) is 3.84. The number of aromatic amines is 1. The van der Waals surface area contributed by atoms with Crippen LogP contribution in [0.1, 0.15) is 28.2 Å². The number of anilines is 1. The first kappa shape index (κ1) is 16.0. The van der Waals surface area contributed by atoms with Crippen LogP contribution in [0.4, 0.5) is 5.82 Å². The summed E-state index contributed by atoms with van der Waals surface area (Å²) >= 11 is 1.79. The summed E-state index contributed by atoms with van der Waals surface area (Å²) in [5.41, 5.74) is 3.89. The van der Waals surface area contributed by atoms with Gasteiger partial charge in [0.1, 0.15) is 22.8 Å². The summed E-state index contributed by atoms with van der Waals surface area (Å²) in [6, 6.07) is 9.66. The number of aromatic nitrogens is 4. The number of aryl methyl sites for hydroxylation is 2. The Morgan fingerprint density at radius 3 is 3.11 bits per heavy atom. The van der Waals surface area contributed by atoms with Gasteiger partial charge in [0.25, 0.3) is 0 Å². The average Bonchev–Trinajstić information content (AvgIpc) is 3.42. The topological polar surface area (TPSA) is 90.3 Å². The van der Waals surface area contributed by atoms with E-state index < -0.39 is 0 Å². The fourth-order valence-corrected chi connectivity index (χ4v) is 4.81. The Bertz CT molecular complexity index is 1180. The Hall–Kier alpha value is -3.24. The normalized spacial score (nSPS) is 12.9. The maximum atomic E-state index is 9.06. The van der Waals surface area contributed by atoms with Gasteiger partial charge in [-0.1, -0.05) is 12.1 Å². The molecule has 7 heteroatoms. The molecule has 0 atom stereocenters. The molecular weight excluding hydrogens is 356 g/mol. The number of hydrogen-bond acceptors (Lipinski definition) is 6. The van der Waals surface area contributed by atoms with Crippen molar-refractivity contribution in [1.82, 2.24) is 19.9 Å². The lowest BCUT2D eigenvalue weighted by Gasteiger charge is -2.06. The van der Waals surface area contributed by atoms with Gasteiger partial charge in [0.15, 0.2) is 0 Å². The molecule has 3 heterocycles. The van der Waals surface area contributed by atoms with E-state index in [4.69, 9.17) is 5.26 Å². The van der Waals surface area contributed by atoms with Crippen LogP contribution in [0.5, 0.6) is 0 Å². The van der Waals surface area contributed by atoms with Crippen molar-refractivity contribution >= 4 is 27.4 Å². The average molecular weight is 372 g/mol. The highest BCUT2D eigenvalue weighted by Crippen LogP contribution is 2.39. The van der Waals surface area contributed by atoms with Crippen LogP contribution in [-0.2, 0) is 19.4 Å². The van der Waals surface area contributed by atoms with E-state index in [9.17, 15) is 0 Å². The third kappa shape index (κ3) is 2.84. The SMILES string of the molecule is N#Cc1cccc(-c2cnc(CNc3ncnc4sc5c(c34)CCC5)[nH]2)c1. The van der Waals surface area contributed by atoms with Crippen molar-refractivity contribution in [2.24, 2.45) is 0 Å². The van der Waals surface area contributed by atoms with E-state index in [-0.39, 0.29) is 0 Å². The van der Waals surface area contributed by atoms with Crippen LogP contribution in [0.2, 0.25) is 0 Å². The number of nitrogens with zero attached hydrogens (tertiary/aromatic N) is 4. The lowest BCUT2D eigenvalue weighted by atomic mass is 10.1. The maximum absolute atomic E-state index is 9.06. The van der Waals surface area contributed by atoms with Crippen LogP contribution in [0, 0.1) is 11.3 Å². The smallest absolute Gasteiger partial charge is 0.138 e. The maximum Gasteiger partial charge on any atom is 0.138 e. The highest BCUT2D eigenvalue weighted by Gasteiger charge is 2.21. The monoisotopic (exact) mass is 372 g/mol. The molecular formula is C20H16N6S. The van der Waals surface area contributed by atoms with Gasteiger partial charge in [0, 0.05) is 10.4 Å². The van der Waals surface area contributed by atoms with Crippen molar-refractivity contribution < 1.29 is 0 Å². The summed E-state index contributed by atoms with van der Waals surface area (Å²) in [4.78, 5) is 19.2. The first-order valence-corrected chi connectivity index (χ1v) is 9.67. The number of imidazole rings is 1. The van der Waals surface area contributed by atoms with Crippen molar-refractivity contribution in [1.29, 1.82) is 5.26 Å². The number of thiophene rings is 1. The van der Waals surface area contributed by atoms with E-state index in [2.05, 4.69) is 31.3 Å². The molecule has 0 saturated carbocycles. The largest absolute Gasteiger partial charge is 0.362 e. The van der Waals surface area contributed by atoms with Gasteiger partial charge < -0.3 is 10.3 Å². The molecule has 4 aromatic rings. The molecule has 27 heavy (non-hydrogen) atoms. The second kappa shape index (κ2) is 6.49. The molecule has 132 valence electrons. The van der Waals surface area contributed by atoms with E-state index in [1.165, 1.54) is 22.2 Å². The Balaban J connectivity index is 1.39. The predicted molar refractivity (Wildman–Crippen MR) is 106 cm³/mol. The lowest BCUT2D eigenvalue weighted by Crippen LogP contribution is -2.04. The Morgan fingerprint density at radius 2 is 2.19 bits per heavy atom. The van der Waals surface area contributed by atoms with Crippen LogP contribution in [-0.4, -0.2) is 19.9 Å². The van der Waals surface area contributed by atoms with Crippen LogP contribution in [0.15, 0.2) is 36.8 Å². The molecule has 1 aromatic carbocycles. The molecule has 1 aliphatic carbocycles. The Labute approximate surface area is 159 Å². The third-order valence-electron chi connectivity index (χ3n) is 4.86. The van der Waals surface area contributed by atoms with Crippen LogP contribution in [0.3, 0.4) is 0 Å². The van der Waals surface area contributed by atoms with Crippen molar-refractivity contribution in [3.05, 3.63) is 58.6 Å². The summed E-state index contributed by atoms with van der Waals surface area (Å²) in [6.07, 6.45) is 6.90. The standard InChI is InChI=1S/C20H16N6S/c21-8-12-3-1-4-13(7-12)15-9-22-17(26-15)10-23-19-18-14-5-2-6-16(14)27-20(18)25-11-24-19/h1,3-4,7,9,11H,2,5-6,10H2,(H,22,26)(H,23,24,25). The zero-order chi connectivity index (χ0) is 18.2. The molecule has 5 rings (SSSR count). The summed E-state index contributed by atoms with van der Waals surface area (Å²) in [6.45, 7) is 0.550. The molecule has 0 saturated heterocycles. The van der Waals surface area contributed by atoms with Crippen LogP contribution < -0.4 is 5.32 Å². The van der Waals surface area contributed by atoms with Gasteiger partial charge in [-0.3, -0.25) is 0 Å². The van der Waals surface area contributed by atoms with Crippen molar-refractivity contribution in [2.45, 2.75) is 25.8 Å². The number of hydrogen-bond donors (Lipinski definition) is 2. The number of fused-ring (bicyclic) bond motifs is 3. The van der Waals surface area contributed by atoms with E-state index >= 15 is 0 Å². The zero-order valence-electron chi connectivity index (χ0n) is 14.5. The third-order valence-corrected chi connectivity index (χ3v) is 6.06. The summed E-state index contributed by atoms with van der Waals surface area (Å²) in [7, 11) is 0. The van der Waals surface area contributed by atoms with Crippen LogP contribution >= 0.6 is 11.3 Å². The lowest BCUT2D eigenvalue weighted by molar-refractivity contribution is 0.916. The van der Waals surface area contributed by atoms with Gasteiger partial charge in [0.2, 0.25) is 0 Å². The number of nitriles is 1. The number of H-pyrrole nitrogens is 1. The zero-order valence-corrected chi connectivity index (χ0v) is 15.3. The second-order valence-electron chi connectivity index (χ2n) is 6.55. The predicted octanol–water partition coefficient (Wildman–Crippen LogP) is 4.05. The van der Waals surface area contributed by atoms with Gasteiger partial charge >= 0.3 is 0 Å². The number of nitrogens with one attached hydrogen (secondary N) is 2. The molecule has 0 bridgehead atoms. The molecule has 3 aromatic heterocycles. The quantitative estimate of drug-likeness (QED) is 0.564. The van der Waals surface area contributed by atoms with Crippen molar-refractivity contribution in [3.8, 4) is 17.3 Å². The van der Waals surface area contributed by atoms with Gasteiger partial charge in [-0.05, 0) is 37.0 Å². The van der Waals surface area contributed by atoms with Gasteiger partial charge in [0.05, 0.1) is 35.5 Å². The molecule has 0 aliphatic heterocycles. The fourth-order valence-electron chi connectivity index (χ4n) is 3.59. The molecule has 0 unspecified atom stereocenters. The van der Waals surface area contributed by atoms with Gasteiger partial charge in [-0.2, -0.15) is 5.26 Å². The van der Waals surface area contributed by atoms with Crippen molar-refractivity contribution in [2.75, 3.05) is 5.32 Å². The minimum Gasteiger partial charge on any atom is -0.362 e. The second-order valence-corrected chi connectivity index (χ2v) is 7.63. The Morgan fingerprint density at radius 1 is 1.22 bits per heavy atom. The first-order chi connectivity index (χ1) is 13.3. The molecule has 6 nitrogen and oxygen atoms in total. The first-order valence-electron chi connectivity index (χ1n) is 8.85. The molecule has 0 radical (unpaired) electrons. The molecule has 2 N–H and O–H groups in total. The molecule has 0 spiro atoms. The highest BCUT2D eigenvalue weighted by molar-refractivity contribution is 7.19. The molecule has 1 aliphatic rings. The van der Waals surface area contributed by atoms with Crippen molar-refractivity contribution in [3.63, 3.8) is 0 Å². The molecule has 0 fully saturated rings. The minimum absolute atomic E-state index is 0.550. The van der Waals surface area contributed by atoms with E-state index in [0.29, 0.717) is 12.1 Å². The van der Waals surface area contributed by atoms with E-state index in [1.54, 1.807) is 29.9 Å². The highest BCUT2D eigenvalue weighted by atomic mass is 32.1. The summed E-state index contributed by atoms with van der Waals surface area (Å²) in [5.74, 6) is 1.70. The van der Waals surface area contributed by atoms with E-state index in [0.717, 1.165) is 40.6 Å². The minimum atomic E-state index is 0.550. The molecule has 0 amide bonds. The number of rotatable bonds is 4.